The molecule has 1 atom stereocenters. The maximum atomic E-state index is 5.63. The summed E-state index contributed by atoms with van der Waals surface area (Å²) >= 11 is 1.90. The standard InChI is InChI=1S/C9H22N2S/c1-4-9(7-10)8-11(2)5-6-12-3/h9H,4-8,10H2,1-3H3. The first-order valence-corrected chi connectivity index (χ1v) is 6.01. The van der Waals surface area contributed by atoms with E-state index in [4.69, 9.17) is 5.73 Å². The van der Waals surface area contributed by atoms with Crippen molar-refractivity contribution in [3.8, 4) is 0 Å². The van der Waals surface area contributed by atoms with Gasteiger partial charge in [-0.2, -0.15) is 11.8 Å². The zero-order chi connectivity index (χ0) is 9.40. The molecule has 0 amide bonds. The van der Waals surface area contributed by atoms with Crippen molar-refractivity contribution in [3.05, 3.63) is 0 Å². The van der Waals surface area contributed by atoms with Gasteiger partial charge in [0.15, 0.2) is 0 Å². The Morgan fingerprint density at radius 2 is 2.17 bits per heavy atom. The average molecular weight is 190 g/mol. The SMILES string of the molecule is CCC(CN)CN(C)CCSC. The number of hydrogen-bond donors (Lipinski definition) is 1. The van der Waals surface area contributed by atoms with Crippen LogP contribution >= 0.6 is 11.8 Å². The number of nitrogens with zero attached hydrogens (tertiary/aromatic N) is 1. The van der Waals surface area contributed by atoms with Crippen LogP contribution in [0, 0.1) is 5.92 Å². The van der Waals surface area contributed by atoms with E-state index in [-0.39, 0.29) is 0 Å². The topological polar surface area (TPSA) is 29.3 Å². The van der Waals surface area contributed by atoms with Gasteiger partial charge in [0.05, 0.1) is 0 Å². The minimum absolute atomic E-state index is 0.678. The normalized spacial score (nSPS) is 13.8. The van der Waals surface area contributed by atoms with Gasteiger partial charge in [-0.25, -0.2) is 0 Å². The number of nitrogens with two attached hydrogens (primary N) is 1. The van der Waals surface area contributed by atoms with Crippen molar-refractivity contribution in [3.63, 3.8) is 0 Å². The first-order valence-electron chi connectivity index (χ1n) is 4.62. The van der Waals surface area contributed by atoms with Gasteiger partial charge in [0.25, 0.3) is 0 Å². The molecule has 0 saturated heterocycles. The molecule has 1 unspecified atom stereocenters. The lowest BCUT2D eigenvalue weighted by Gasteiger charge is -2.21. The van der Waals surface area contributed by atoms with Crippen molar-refractivity contribution in [1.82, 2.24) is 4.90 Å². The highest BCUT2D eigenvalue weighted by Gasteiger charge is 2.06. The second kappa shape index (κ2) is 7.90. The highest BCUT2D eigenvalue weighted by Crippen LogP contribution is 2.03. The van der Waals surface area contributed by atoms with E-state index in [1.54, 1.807) is 0 Å². The predicted octanol–water partition coefficient (Wildman–Crippen LogP) is 1.27. The van der Waals surface area contributed by atoms with E-state index in [0.29, 0.717) is 5.92 Å². The molecular formula is C9H22N2S. The van der Waals surface area contributed by atoms with Crippen LogP contribution in [-0.2, 0) is 0 Å². The van der Waals surface area contributed by atoms with Crippen LogP contribution in [-0.4, -0.2) is 43.6 Å². The molecule has 0 rings (SSSR count). The minimum Gasteiger partial charge on any atom is -0.330 e. The fourth-order valence-electron chi connectivity index (χ4n) is 1.15. The van der Waals surface area contributed by atoms with Crippen molar-refractivity contribution < 1.29 is 0 Å². The van der Waals surface area contributed by atoms with Crippen LogP contribution in [0.4, 0.5) is 0 Å². The van der Waals surface area contributed by atoms with Crippen LogP contribution < -0.4 is 5.73 Å². The van der Waals surface area contributed by atoms with Gasteiger partial charge in [-0.3, -0.25) is 0 Å². The summed E-state index contributed by atoms with van der Waals surface area (Å²) in [6.07, 6.45) is 3.34. The number of rotatable bonds is 7. The largest absolute Gasteiger partial charge is 0.330 e. The fraction of sp³-hybridized carbons (Fsp3) is 1.00. The van der Waals surface area contributed by atoms with Gasteiger partial charge in [0.2, 0.25) is 0 Å². The summed E-state index contributed by atoms with van der Waals surface area (Å²) in [6.45, 7) is 5.35. The number of hydrogen-bond acceptors (Lipinski definition) is 3. The molecule has 0 spiro atoms. The lowest BCUT2D eigenvalue weighted by molar-refractivity contribution is 0.289. The molecule has 0 aliphatic carbocycles. The molecule has 74 valence electrons. The number of thioether (sulfide) groups is 1. The van der Waals surface area contributed by atoms with E-state index < -0.39 is 0 Å². The Morgan fingerprint density at radius 3 is 2.58 bits per heavy atom. The molecule has 0 aromatic carbocycles. The predicted molar refractivity (Wildman–Crippen MR) is 58.7 cm³/mol. The summed E-state index contributed by atoms with van der Waals surface area (Å²) in [4.78, 5) is 2.37. The zero-order valence-corrected chi connectivity index (χ0v) is 9.36. The van der Waals surface area contributed by atoms with Crippen LogP contribution in [0.1, 0.15) is 13.3 Å². The molecule has 3 heteroatoms. The Labute approximate surface area is 80.9 Å². The fourth-order valence-corrected chi connectivity index (χ4v) is 1.64. The van der Waals surface area contributed by atoms with Crippen LogP contribution in [0.25, 0.3) is 0 Å². The summed E-state index contributed by atoms with van der Waals surface area (Å²) in [5, 5.41) is 0. The van der Waals surface area contributed by atoms with Crippen LogP contribution in [0.3, 0.4) is 0 Å². The van der Waals surface area contributed by atoms with Crippen LogP contribution in [0.5, 0.6) is 0 Å². The van der Waals surface area contributed by atoms with E-state index in [9.17, 15) is 0 Å². The first kappa shape index (κ1) is 12.3. The van der Waals surface area contributed by atoms with Gasteiger partial charge in [-0.1, -0.05) is 13.3 Å². The van der Waals surface area contributed by atoms with Gasteiger partial charge >= 0.3 is 0 Å². The van der Waals surface area contributed by atoms with Crippen molar-refractivity contribution in [2.45, 2.75) is 13.3 Å². The Morgan fingerprint density at radius 1 is 1.50 bits per heavy atom. The molecule has 12 heavy (non-hydrogen) atoms. The summed E-state index contributed by atoms with van der Waals surface area (Å²) < 4.78 is 0. The van der Waals surface area contributed by atoms with E-state index in [1.807, 2.05) is 11.8 Å². The Balaban J connectivity index is 3.44. The molecule has 0 heterocycles. The van der Waals surface area contributed by atoms with Gasteiger partial charge in [-0.05, 0) is 25.8 Å². The van der Waals surface area contributed by atoms with Crippen LogP contribution in [0.15, 0.2) is 0 Å². The van der Waals surface area contributed by atoms with Crippen LogP contribution in [0.2, 0.25) is 0 Å². The van der Waals surface area contributed by atoms with Gasteiger partial charge in [-0.15, -0.1) is 0 Å². The third kappa shape index (κ3) is 5.86. The van der Waals surface area contributed by atoms with Gasteiger partial charge < -0.3 is 10.6 Å². The molecule has 0 bridgehead atoms. The summed E-state index contributed by atoms with van der Waals surface area (Å²) in [5.74, 6) is 1.90. The van der Waals surface area contributed by atoms with Crippen molar-refractivity contribution in [2.24, 2.45) is 11.7 Å². The van der Waals surface area contributed by atoms with Gasteiger partial charge in [0.1, 0.15) is 0 Å². The zero-order valence-electron chi connectivity index (χ0n) is 8.55. The third-order valence-electron chi connectivity index (χ3n) is 2.16. The summed E-state index contributed by atoms with van der Waals surface area (Å²) in [7, 11) is 2.18. The third-order valence-corrected chi connectivity index (χ3v) is 2.75. The highest BCUT2D eigenvalue weighted by molar-refractivity contribution is 7.98. The molecule has 0 fully saturated rings. The second-order valence-corrected chi connectivity index (χ2v) is 4.25. The van der Waals surface area contributed by atoms with E-state index >= 15 is 0 Å². The molecule has 0 saturated carbocycles. The molecule has 0 aromatic rings. The molecule has 0 aliphatic rings. The molecule has 0 radical (unpaired) electrons. The van der Waals surface area contributed by atoms with Crippen molar-refractivity contribution in [1.29, 1.82) is 0 Å². The lowest BCUT2D eigenvalue weighted by atomic mass is 10.1. The summed E-state index contributed by atoms with van der Waals surface area (Å²) in [5.41, 5.74) is 5.63. The highest BCUT2D eigenvalue weighted by atomic mass is 32.2. The smallest absolute Gasteiger partial charge is 0.00693 e. The maximum absolute atomic E-state index is 5.63. The Kier molecular flexibility index (Phi) is 8.07. The van der Waals surface area contributed by atoms with Crippen molar-refractivity contribution in [2.75, 3.05) is 38.7 Å². The van der Waals surface area contributed by atoms with Crippen molar-refractivity contribution >= 4 is 11.8 Å². The van der Waals surface area contributed by atoms with E-state index in [0.717, 1.165) is 13.1 Å². The van der Waals surface area contributed by atoms with E-state index in [1.165, 1.54) is 18.7 Å². The molecule has 2 nitrogen and oxygen atoms in total. The van der Waals surface area contributed by atoms with E-state index in [2.05, 4.69) is 25.1 Å². The molecular weight excluding hydrogens is 168 g/mol. The Bertz CT molecular complexity index is 94.5. The monoisotopic (exact) mass is 190 g/mol. The quantitative estimate of drug-likeness (QED) is 0.655. The average Bonchev–Trinajstić information content (AvgIpc) is 2.10. The molecule has 0 aromatic heterocycles. The second-order valence-electron chi connectivity index (χ2n) is 3.27. The van der Waals surface area contributed by atoms with Gasteiger partial charge in [0, 0.05) is 18.8 Å². The minimum atomic E-state index is 0.678. The first-order chi connectivity index (χ1) is 5.74. The molecule has 0 aliphatic heterocycles. The maximum Gasteiger partial charge on any atom is 0.00693 e. The lowest BCUT2D eigenvalue weighted by Crippen LogP contribution is -2.31. The molecule has 2 N–H and O–H groups in total. The Hall–Kier alpha value is 0.270. The summed E-state index contributed by atoms with van der Waals surface area (Å²) in [6, 6.07) is 0.